The van der Waals surface area contributed by atoms with Crippen LogP contribution in [0.3, 0.4) is 0 Å². The van der Waals surface area contributed by atoms with Gasteiger partial charge in [0.2, 0.25) is 10.0 Å². The first kappa shape index (κ1) is 25.5. The Morgan fingerprint density at radius 1 is 1.12 bits per heavy atom. The monoisotopic (exact) mass is 478 g/mol. The Bertz CT molecular complexity index is 912. The predicted molar refractivity (Wildman–Crippen MR) is 131 cm³/mol. The van der Waals surface area contributed by atoms with Crippen LogP contribution in [0.1, 0.15) is 58.4 Å². The van der Waals surface area contributed by atoms with Gasteiger partial charge in [0, 0.05) is 38.6 Å². The van der Waals surface area contributed by atoms with Gasteiger partial charge in [0.1, 0.15) is 5.60 Å². The molecule has 0 radical (unpaired) electrons. The number of nitrogens with one attached hydrogen (secondary N) is 1. The van der Waals surface area contributed by atoms with E-state index in [1.165, 1.54) is 51.0 Å². The van der Waals surface area contributed by atoms with Gasteiger partial charge in [-0.2, -0.15) is 0 Å². The molecule has 33 heavy (non-hydrogen) atoms. The quantitative estimate of drug-likeness (QED) is 0.716. The van der Waals surface area contributed by atoms with Crippen LogP contribution in [0.25, 0.3) is 0 Å². The van der Waals surface area contributed by atoms with Gasteiger partial charge in [0.05, 0.1) is 18.1 Å². The minimum atomic E-state index is -3.62. The highest BCUT2D eigenvalue weighted by Gasteiger charge is 2.41. The van der Waals surface area contributed by atoms with Gasteiger partial charge in [-0.1, -0.05) is 36.8 Å². The number of sulfonamides is 1. The molecular weight excluding hydrogens is 440 g/mol. The van der Waals surface area contributed by atoms with Gasteiger partial charge in [-0.05, 0) is 45.6 Å². The third-order valence-electron chi connectivity index (χ3n) is 5.74. The first-order valence-electron chi connectivity index (χ1n) is 11.9. The minimum absolute atomic E-state index is 0.0981. The molecule has 1 N–H and O–H groups in total. The molecule has 0 saturated carbocycles. The fourth-order valence-corrected chi connectivity index (χ4v) is 5.72. The Morgan fingerprint density at radius 2 is 1.85 bits per heavy atom. The van der Waals surface area contributed by atoms with E-state index in [2.05, 4.69) is 15.2 Å². The molecule has 9 heteroatoms. The van der Waals surface area contributed by atoms with E-state index in [0.29, 0.717) is 6.54 Å². The largest absolute Gasteiger partial charge is 0.443 e. The number of ether oxygens (including phenoxy) is 1. The van der Waals surface area contributed by atoms with Crippen molar-refractivity contribution in [2.45, 2.75) is 71.1 Å². The summed E-state index contributed by atoms with van der Waals surface area (Å²) in [5.41, 5.74) is 0.345. The third kappa shape index (κ3) is 7.99. The van der Waals surface area contributed by atoms with Crippen LogP contribution in [-0.2, 0) is 21.3 Å². The first-order chi connectivity index (χ1) is 15.6. The molecule has 1 unspecified atom stereocenters. The molecule has 1 amide bonds. The summed E-state index contributed by atoms with van der Waals surface area (Å²) in [5.74, 6) is 1.30. The molecule has 2 fully saturated rings. The number of benzene rings is 1. The molecule has 1 atom stereocenters. The highest BCUT2D eigenvalue weighted by atomic mass is 32.2. The van der Waals surface area contributed by atoms with Crippen molar-refractivity contribution >= 4 is 22.0 Å². The number of amides is 1. The zero-order valence-electron chi connectivity index (χ0n) is 20.1. The summed E-state index contributed by atoms with van der Waals surface area (Å²) in [6, 6.07) is 9.40. The lowest BCUT2D eigenvalue weighted by Gasteiger charge is -2.27. The van der Waals surface area contributed by atoms with Crippen LogP contribution < -0.4 is 5.32 Å². The summed E-state index contributed by atoms with van der Waals surface area (Å²) in [5, 5.41) is 3.17. The van der Waals surface area contributed by atoms with Crippen LogP contribution >= 0.6 is 0 Å². The van der Waals surface area contributed by atoms with Crippen LogP contribution in [0.5, 0.6) is 0 Å². The Hall–Kier alpha value is -2.13. The number of carbonyl (C=O) groups excluding carboxylic acids is 1. The van der Waals surface area contributed by atoms with E-state index in [4.69, 9.17) is 4.74 Å². The number of hydrogen-bond donors (Lipinski definition) is 1. The Kier molecular flexibility index (Phi) is 8.75. The molecule has 0 aliphatic carbocycles. The summed E-state index contributed by atoms with van der Waals surface area (Å²) < 4.78 is 30.2. The molecule has 0 spiro atoms. The molecule has 8 nitrogen and oxygen atoms in total. The summed E-state index contributed by atoms with van der Waals surface area (Å²) in [6.45, 7) is 9.38. The fraction of sp³-hybridized carbons (Fsp3) is 0.667. The second-order valence-electron chi connectivity index (χ2n) is 9.80. The van der Waals surface area contributed by atoms with Crippen molar-refractivity contribution in [1.29, 1.82) is 0 Å². The number of carbonyl (C=O) groups is 1. The maximum absolute atomic E-state index is 12.1. The first-order valence-corrected chi connectivity index (χ1v) is 13.5. The van der Waals surface area contributed by atoms with E-state index in [0.717, 1.165) is 16.4 Å². The summed E-state index contributed by atoms with van der Waals surface area (Å²) >= 11 is 0. The van der Waals surface area contributed by atoms with Crippen molar-refractivity contribution in [1.82, 2.24) is 14.5 Å². The van der Waals surface area contributed by atoms with Crippen molar-refractivity contribution in [2.24, 2.45) is 4.99 Å². The lowest BCUT2D eigenvalue weighted by atomic mass is 10.2. The number of fused-ring (bicyclic) bond motifs is 1. The van der Waals surface area contributed by atoms with E-state index >= 15 is 0 Å². The average molecular weight is 479 g/mol. The predicted octanol–water partition coefficient (Wildman–Crippen LogP) is 3.39. The van der Waals surface area contributed by atoms with Crippen molar-refractivity contribution < 1.29 is 17.9 Å². The zero-order valence-corrected chi connectivity index (χ0v) is 20.9. The maximum Gasteiger partial charge on any atom is 0.424 e. The SMILES string of the molecule is C1CCC2=NCCCN2CC1.CC(C)(C)OC(=O)N1CC(NCc2ccccc2)CS1(=O)=O. The van der Waals surface area contributed by atoms with Crippen molar-refractivity contribution in [3.8, 4) is 0 Å². The van der Waals surface area contributed by atoms with Crippen molar-refractivity contribution in [3.05, 3.63) is 35.9 Å². The Balaban J connectivity index is 0.000000231. The van der Waals surface area contributed by atoms with Crippen LogP contribution in [0, 0.1) is 0 Å². The van der Waals surface area contributed by atoms with E-state index in [-0.39, 0.29) is 18.3 Å². The van der Waals surface area contributed by atoms with E-state index in [1.807, 2.05) is 30.3 Å². The van der Waals surface area contributed by atoms with E-state index < -0.39 is 21.7 Å². The topological polar surface area (TPSA) is 91.3 Å². The summed E-state index contributed by atoms with van der Waals surface area (Å²) in [6.07, 6.45) is 5.82. The van der Waals surface area contributed by atoms with Gasteiger partial charge in [-0.15, -0.1) is 0 Å². The van der Waals surface area contributed by atoms with Gasteiger partial charge >= 0.3 is 6.09 Å². The highest BCUT2D eigenvalue weighted by Crippen LogP contribution is 2.19. The molecule has 3 heterocycles. The Morgan fingerprint density at radius 3 is 2.58 bits per heavy atom. The second kappa shape index (κ2) is 11.3. The number of rotatable bonds is 3. The fourth-order valence-electron chi connectivity index (χ4n) is 4.13. The smallest absolute Gasteiger partial charge is 0.424 e. The van der Waals surface area contributed by atoms with E-state index in [9.17, 15) is 13.2 Å². The molecule has 4 rings (SSSR count). The molecular formula is C24H38N4O4S. The van der Waals surface area contributed by atoms with Crippen LogP contribution in [0.2, 0.25) is 0 Å². The molecule has 2 saturated heterocycles. The van der Waals surface area contributed by atoms with Gasteiger partial charge in [0.25, 0.3) is 0 Å². The Labute approximate surface area is 198 Å². The molecule has 3 aliphatic heterocycles. The summed E-state index contributed by atoms with van der Waals surface area (Å²) in [7, 11) is -3.62. The molecule has 1 aromatic carbocycles. The van der Waals surface area contributed by atoms with Crippen LogP contribution in [0.4, 0.5) is 4.79 Å². The highest BCUT2D eigenvalue weighted by molar-refractivity contribution is 7.89. The second-order valence-corrected chi connectivity index (χ2v) is 11.7. The normalized spacial score (nSPS) is 22.4. The molecule has 0 bridgehead atoms. The zero-order chi connectivity index (χ0) is 23.9. The summed E-state index contributed by atoms with van der Waals surface area (Å²) in [4.78, 5) is 19.0. The minimum Gasteiger partial charge on any atom is -0.443 e. The number of nitrogens with zero attached hydrogens (tertiary/aromatic N) is 3. The third-order valence-corrected chi connectivity index (χ3v) is 7.54. The number of amidine groups is 1. The number of hydrogen-bond acceptors (Lipinski definition) is 7. The maximum atomic E-state index is 12.1. The van der Waals surface area contributed by atoms with Gasteiger partial charge < -0.3 is 15.0 Å². The van der Waals surface area contributed by atoms with Gasteiger partial charge in [-0.3, -0.25) is 4.99 Å². The standard InChI is InChI=1S/C15H22N2O4S.C9H16N2/c1-15(2,3)21-14(18)17-10-13(11-22(17,19)20)16-9-12-7-5-4-6-8-12;1-2-5-9-10-6-4-8-11(9)7-3-1/h4-8,13,16H,9-11H2,1-3H3;1-8H2. The molecule has 184 valence electrons. The van der Waals surface area contributed by atoms with Crippen molar-refractivity contribution in [2.75, 3.05) is 31.9 Å². The molecule has 0 aromatic heterocycles. The average Bonchev–Trinajstić information content (AvgIpc) is 2.91. The lowest BCUT2D eigenvalue weighted by Crippen LogP contribution is -2.39. The van der Waals surface area contributed by atoms with Crippen molar-refractivity contribution in [3.63, 3.8) is 0 Å². The van der Waals surface area contributed by atoms with Crippen LogP contribution in [-0.4, -0.2) is 73.1 Å². The lowest BCUT2D eigenvalue weighted by molar-refractivity contribution is 0.0396. The van der Waals surface area contributed by atoms with E-state index in [1.54, 1.807) is 20.8 Å². The molecule has 1 aromatic rings. The molecule has 3 aliphatic rings. The van der Waals surface area contributed by atoms with Crippen LogP contribution in [0.15, 0.2) is 35.3 Å². The number of aliphatic imine (C=N–C) groups is 1. The van der Waals surface area contributed by atoms with Gasteiger partial charge in [0.15, 0.2) is 0 Å². The van der Waals surface area contributed by atoms with Gasteiger partial charge in [-0.25, -0.2) is 17.5 Å².